The highest BCUT2D eigenvalue weighted by Crippen LogP contribution is 2.25. The molecule has 0 aliphatic carbocycles. The Kier molecular flexibility index (Phi) is 8.31. The van der Waals surface area contributed by atoms with Crippen LogP contribution in [0.25, 0.3) is 0 Å². The van der Waals surface area contributed by atoms with Crippen LogP contribution in [0.4, 0.5) is 5.82 Å². The van der Waals surface area contributed by atoms with Crippen LogP contribution in [-0.4, -0.2) is 58.3 Å². The van der Waals surface area contributed by atoms with Crippen LogP contribution >= 0.6 is 11.6 Å². The van der Waals surface area contributed by atoms with Crippen molar-refractivity contribution in [1.29, 1.82) is 0 Å². The summed E-state index contributed by atoms with van der Waals surface area (Å²) in [4.78, 5) is 21.5. The molecule has 2 heterocycles. The van der Waals surface area contributed by atoms with Gasteiger partial charge in [-0.25, -0.2) is 9.97 Å². The molecule has 0 radical (unpaired) electrons. The zero-order valence-electron chi connectivity index (χ0n) is 17.9. The Balaban J connectivity index is 1.56. The number of nitrogens with one attached hydrogen (secondary N) is 1. The zero-order valence-corrected chi connectivity index (χ0v) is 18.7. The summed E-state index contributed by atoms with van der Waals surface area (Å²) in [7, 11) is 0. The van der Waals surface area contributed by atoms with Crippen molar-refractivity contribution in [2.24, 2.45) is 0 Å². The molecular formula is C22H29ClN4O4. The van der Waals surface area contributed by atoms with Crippen LogP contribution in [0, 0.1) is 0 Å². The number of carboxylic acid groups (broad SMARTS) is 1. The minimum absolute atomic E-state index is 0.0537. The molecule has 1 saturated heterocycles. The average Bonchev–Trinajstić information content (AvgIpc) is 2.69. The lowest BCUT2D eigenvalue weighted by atomic mass is 10.0. The van der Waals surface area contributed by atoms with E-state index >= 15 is 0 Å². The van der Waals surface area contributed by atoms with E-state index in [9.17, 15) is 4.79 Å². The van der Waals surface area contributed by atoms with Crippen molar-refractivity contribution < 1.29 is 19.4 Å². The first kappa shape index (κ1) is 23.1. The molecule has 9 heteroatoms. The SMILES string of the molecule is CCOc1cc(CN2CCC(Nc3cc(CC(=O)O)nc(Cl)n3)CC2)cc(OCC)c1. The molecule has 168 valence electrons. The van der Waals surface area contributed by atoms with Crippen LogP contribution < -0.4 is 14.8 Å². The lowest BCUT2D eigenvalue weighted by Crippen LogP contribution is -2.38. The second-order valence-corrected chi connectivity index (χ2v) is 7.80. The van der Waals surface area contributed by atoms with E-state index in [1.807, 2.05) is 19.9 Å². The number of nitrogens with zero attached hydrogens (tertiary/aromatic N) is 3. The molecule has 1 aliphatic rings. The Morgan fingerprint density at radius 2 is 1.77 bits per heavy atom. The zero-order chi connectivity index (χ0) is 22.2. The van der Waals surface area contributed by atoms with Gasteiger partial charge < -0.3 is 19.9 Å². The monoisotopic (exact) mass is 448 g/mol. The summed E-state index contributed by atoms with van der Waals surface area (Å²) >= 11 is 5.95. The van der Waals surface area contributed by atoms with Crippen molar-refractivity contribution in [2.45, 2.75) is 45.7 Å². The average molecular weight is 449 g/mol. The van der Waals surface area contributed by atoms with Crippen molar-refractivity contribution in [3.8, 4) is 11.5 Å². The molecule has 2 N–H and O–H groups in total. The van der Waals surface area contributed by atoms with Gasteiger partial charge in [-0.2, -0.15) is 0 Å². The number of carboxylic acids is 1. The molecule has 31 heavy (non-hydrogen) atoms. The molecule has 1 aromatic heterocycles. The van der Waals surface area contributed by atoms with Crippen LogP contribution in [0.1, 0.15) is 37.9 Å². The normalized spacial score (nSPS) is 14.9. The maximum Gasteiger partial charge on any atom is 0.309 e. The molecule has 8 nitrogen and oxygen atoms in total. The number of hydrogen-bond acceptors (Lipinski definition) is 7. The summed E-state index contributed by atoms with van der Waals surface area (Å²) in [6.07, 6.45) is 1.71. The van der Waals surface area contributed by atoms with Gasteiger partial charge in [0.2, 0.25) is 5.28 Å². The lowest BCUT2D eigenvalue weighted by Gasteiger charge is -2.32. The quantitative estimate of drug-likeness (QED) is 0.532. The summed E-state index contributed by atoms with van der Waals surface area (Å²) in [6.45, 7) is 7.87. The highest BCUT2D eigenvalue weighted by atomic mass is 35.5. The van der Waals surface area contributed by atoms with Gasteiger partial charge in [0.1, 0.15) is 17.3 Å². The fourth-order valence-electron chi connectivity index (χ4n) is 3.71. The van der Waals surface area contributed by atoms with Crippen molar-refractivity contribution in [3.63, 3.8) is 0 Å². The van der Waals surface area contributed by atoms with Gasteiger partial charge in [0.05, 0.1) is 25.3 Å². The van der Waals surface area contributed by atoms with Crippen molar-refractivity contribution in [3.05, 3.63) is 40.8 Å². The van der Waals surface area contributed by atoms with Gasteiger partial charge in [-0.1, -0.05) is 0 Å². The minimum atomic E-state index is -0.949. The first-order valence-corrected chi connectivity index (χ1v) is 11.0. The molecule has 0 unspecified atom stereocenters. The third-order valence-electron chi connectivity index (χ3n) is 4.99. The van der Waals surface area contributed by atoms with Crippen molar-refractivity contribution in [2.75, 3.05) is 31.6 Å². The molecule has 1 aromatic carbocycles. The highest BCUT2D eigenvalue weighted by Gasteiger charge is 2.20. The number of ether oxygens (including phenoxy) is 2. The summed E-state index contributed by atoms with van der Waals surface area (Å²) < 4.78 is 11.4. The molecular weight excluding hydrogens is 420 g/mol. The van der Waals surface area contributed by atoms with Gasteiger partial charge in [0, 0.05) is 37.8 Å². The van der Waals surface area contributed by atoms with Gasteiger partial charge in [-0.05, 0) is 56.0 Å². The van der Waals surface area contributed by atoms with E-state index in [4.69, 9.17) is 26.2 Å². The van der Waals surface area contributed by atoms with E-state index in [0.29, 0.717) is 24.7 Å². The van der Waals surface area contributed by atoms with Gasteiger partial charge in [-0.15, -0.1) is 0 Å². The summed E-state index contributed by atoms with van der Waals surface area (Å²) in [6, 6.07) is 7.97. The standard InChI is InChI=1S/C22H29ClN4O4/c1-3-30-18-9-15(10-19(13-18)31-4-2)14-27-7-5-16(6-8-27)24-20-11-17(12-21(28)29)25-22(23)26-20/h9-11,13,16H,3-8,12,14H2,1-2H3,(H,28,29)(H,24,25,26). The number of hydrogen-bond donors (Lipinski definition) is 2. The third kappa shape index (κ3) is 7.25. The molecule has 0 saturated carbocycles. The topological polar surface area (TPSA) is 96.8 Å². The Labute approximate surface area is 187 Å². The smallest absolute Gasteiger partial charge is 0.309 e. The summed E-state index contributed by atoms with van der Waals surface area (Å²) in [5, 5.41) is 12.4. The molecule has 0 atom stereocenters. The molecule has 1 fully saturated rings. The van der Waals surface area contributed by atoms with E-state index in [0.717, 1.165) is 44.0 Å². The van der Waals surface area contributed by atoms with Gasteiger partial charge in [0.25, 0.3) is 0 Å². The summed E-state index contributed by atoms with van der Waals surface area (Å²) in [5.74, 6) is 1.28. The largest absolute Gasteiger partial charge is 0.494 e. The van der Waals surface area contributed by atoms with E-state index in [1.165, 1.54) is 5.56 Å². The van der Waals surface area contributed by atoms with E-state index in [1.54, 1.807) is 6.07 Å². The predicted octanol–water partition coefficient (Wildman–Crippen LogP) is 3.63. The fraction of sp³-hybridized carbons (Fsp3) is 0.500. The molecule has 0 spiro atoms. The molecule has 2 aromatic rings. The van der Waals surface area contributed by atoms with Crippen LogP contribution in [0.15, 0.2) is 24.3 Å². The second kappa shape index (κ2) is 11.2. The highest BCUT2D eigenvalue weighted by molar-refractivity contribution is 6.28. The number of piperidine rings is 1. The maximum atomic E-state index is 10.9. The third-order valence-corrected chi connectivity index (χ3v) is 5.16. The summed E-state index contributed by atoms with van der Waals surface area (Å²) in [5.41, 5.74) is 1.56. The van der Waals surface area contributed by atoms with E-state index in [2.05, 4.69) is 32.3 Å². The van der Waals surface area contributed by atoms with Gasteiger partial charge in [0.15, 0.2) is 0 Å². The van der Waals surface area contributed by atoms with E-state index < -0.39 is 5.97 Å². The molecule has 1 aliphatic heterocycles. The maximum absolute atomic E-state index is 10.9. The Bertz CT molecular complexity index is 864. The number of aliphatic carboxylic acids is 1. The molecule has 3 rings (SSSR count). The molecule has 0 bridgehead atoms. The Morgan fingerprint density at radius 1 is 1.13 bits per heavy atom. The van der Waals surface area contributed by atoms with Gasteiger partial charge >= 0.3 is 5.97 Å². The molecule has 0 amide bonds. The van der Waals surface area contributed by atoms with Crippen molar-refractivity contribution in [1.82, 2.24) is 14.9 Å². The van der Waals surface area contributed by atoms with Crippen LogP contribution in [0.5, 0.6) is 11.5 Å². The second-order valence-electron chi connectivity index (χ2n) is 7.46. The number of aromatic nitrogens is 2. The number of rotatable bonds is 10. The van der Waals surface area contributed by atoms with Crippen LogP contribution in [0.3, 0.4) is 0 Å². The number of carbonyl (C=O) groups is 1. The van der Waals surface area contributed by atoms with Gasteiger partial charge in [-0.3, -0.25) is 9.69 Å². The van der Waals surface area contributed by atoms with E-state index in [-0.39, 0.29) is 17.7 Å². The van der Waals surface area contributed by atoms with Crippen molar-refractivity contribution >= 4 is 23.4 Å². The predicted molar refractivity (Wildman–Crippen MR) is 119 cm³/mol. The van der Waals surface area contributed by atoms with Crippen LogP contribution in [-0.2, 0) is 17.8 Å². The Morgan fingerprint density at radius 3 is 2.35 bits per heavy atom. The number of likely N-dealkylation sites (tertiary alicyclic amines) is 1. The van der Waals surface area contributed by atoms with Crippen LogP contribution in [0.2, 0.25) is 5.28 Å². The number of halogens is 1. The number of benzene rings is 1. The number of anilines is 1. The fourth-order valence-corrected chi connectivity index (χ4v) is 3.91. The minimum Gasteiger partial charge on any atom is -0.494 e. The first-order chi connectivity index (χ1) is 14.9. The lowest BCUT2D eigenvalue weighted by molar-refractivity contribution is -0.136. The Hall–Kier alpha value is -2.58. The first-order valence-electron chi connectivity index (χ1n) is 10.6.